The van der Waals surface area contributed by atoms with Crippen molar-refractivity contribution in [1.29, 1.82) is 5.26 Å². The number of carbonyl (C=O) groups excluding carboxylic acids is 2. The maximum Gasteiger partial charge on any atom is 0.414 e. The fourth-order valence-corrected chi connectivity index (χ4v) is 1.61. The lowest BCUT2D eigenvalue weighted by Gasteiger charge is -2.04. The Morgan fingerprint density at radius 1 is 1.38 bits per heavy atom. The Balaban J connectivity index is 2.84. The van der Waals surface area contributed by atoms with E-state index in [4.69, 9.17) is 33.2 Å². The summed E-state index contributed by atoms with van der Waals surface area (Å²) < 4.78 is 4.70. The van der Waals surface area contributed by atoms with E-state index in [9.17, 15) is 9.59 Å². The van der Waals surface area contributed by atoms with Gasteiger partial charge in [0, 0.05) is 0 Å². The number of nitriles is 1. The summed E-state index contributed by atoms with van der Waals surface area (Å²) in [5, 5.41) is 11.6. The molecule has 0 aliphatic heterocycles. The molecule has 0 saturated carbocycles. The third-order valence-electron chi connectivity index (χ3n) is 2.27. The van der Waals surface area contributed by atoms with Gasteiger partial charge in [-0.15, -0.1) is 0 Å². The standard InChI is InChI=1S/C14H12Cl2N2O3/c1-2-5-21-14(20)18-13(19)10(8-17)6-9-3-4-11(15)12(16)7-9/h3-4,6-7H,2,5H2,1H3,(H,18,19,20)/b10-6-. The molecule has 0 aliphatic rings. The maximum atomic E-state index is 11.7. The van der Waals surface area contributed by atoms with Gasteiger partial charge in [-0.05, 0) is 30.2 Å². The summed E-state index contributed by atoms with van der Waals surface area (Å²) in [5.74, 6) is -0.843. The van der Waals surface area contributed by atoms with Gasteiger partial charge in [-0.1, -0.05) is 36.2 Å². The molecular weight excluding hydrogens is 315 g/mol. The van der Waals surface area contributed by atoms with Gasteiger partial charge in [0.2, 0.25) is 0 Å². The molecule has 0 aromatic heterocycles. The van der Waals surface area contributed by atoms with Crippen LogP contribution < -0.4 is 5.32 Å². The predicted octanol–water partition coefficient (Wildman–Crippen LogP) is 3.56. The van der Waals surface area contributed by atoms with Crippen molar-refractivity contribution in [1.82, 2.24) is 5.32 Å². The summed E-state index contributed by atoms with van der Waals surface area (Å²) in [6.07, 6.45) is 1.04. The van der Waals surface area contributed by atoms with Crippen LogP contribution in [0.3, 0.4) is 0 Å². The third-order valence-corrected chi connectivity index (χ3v) is 3.01. The quantitative estimate of drug-likeness (QED) is 0.677. The molecule has 1 aromatic carbocycles. The van der Waals surface area contributed by atoms with E-state index in [-0.39, 0.29) is 12.2 Å². The largest absolute Gasteiger partial charge is 0.449 e. The number of alkyl carbamates (subject to hydrolysis) is 1. The third kappa shape index (κ3) is 5.46. The first-order chi connectivity index (χ1) is 9.97. The van der Waals surface area contributed by atoms with Gasteiger partial charge in [0.05, 0.1) is 16.7 Å². The molecule has 1 N–H and O–H groups in total. The zero-order chi connectivity index (χ0) is 15.8. The van der Waals surface area contributed by atoms with Gasteiger partial charge in [-0.25, -0.2) is 4.79 Å². The van der Waals surface area contributed by atoms with Crippen LogP contribution in [-0.4, -0.2) is 18.6 Å². The molecule has 1 aromatic rings. The molecule has 0 radical (unpaired) electrons. The van der Waals surface area contributed by atoms with Crippen molar-refractivity contribution in [2.24, 2.45) is 0 Å². The molecule has 0 heterocycles. The normalized spacial score (nSPS) is 10.7. The van der Waals surface area contributed by atoms with E-state index in [0.29, 0.717) is 22.0 Å². The lowest BCUT2D eigenvalue weighted by Crippen LogP contribution is -2.32. The molecule has 7 heteroatoms. The van der Waals surface area contributed by atoms with Crippen molar-refractivity contribution in [2.45, 2.75) is 13.3 Å². The van der Waals surface area contributed by atoms with Crippen LogP contribution in [0.1, 0.15) is 18.9 Å². The highest BCUT2D eigenvalue weighted by atomic mass is 35.5. The number of imide groups is 1. The highest BCUT2D eigenvalue weighted by Crippen LogP contribution is 2.23. The lowest BCUT2D eigenvalue weighted by molar-refractivity contribution is -0.116. The summed E-state index contributed by atoms with van der Waals surface area (Å²) >= 11 is 11.6. The van der Waals surface area contributed by atoms with E-state index < -0.39 is 12.0 Å². The fourth-order valence-electron chi connectivity index (χ4n) is 1.31. The lowest BCUT2D eigenvalue weighted by atomic mass is 10.1. The Morgan fingerprint density at radius 2 is 2.10 bits per heavy atom. The molecule has 0 atom stereocenters. The van der Waals surface area contributed by atoms with E-state index in [1.807, 2.05) is 12.2 Å². The van der Waals surface area contributed by atoms with Gasteiger partial charge < -0.3 is 4.74 Å². The average molecular weight is 327 g/mol. The SMILES string of the molecule is CCCOC(=O)NC(=O)/C(C#N)=C\c1ccc(Cl)c(Cl)c1. The van der Waals surface area contributed by atoms with E-state index in [2.05, 4.69) is 0 Å². The molecular formula is C14H12Cl2N2O3. The second kappa shape index (κ2) is 8.30. The number of rotatable bonds is 4. The van der Waals surface area contributed by atoms with Gasteiger partial charge in [0.15, 0.2) is 0 Å². The Hall–Kier alpha value is -2.03. The summed E-state index contributed by atoms with van der Waals surface area (Å²) in [5.41, 5.74) is 0.264. The van der Waals surface area contributed by atoms with Crippen LogP contribution in [0.4, 0.5) is 4.79 Å². The van der Waals surface area contributed by atoms with Crippen molar-refractivity contribution in [2.75, 3.05) is 6.61 Å². The molecule has 2 amide bonds. The number of ether oxygens (including phenoxy) is 1. The van der Waals surface area contributed by atoms with E-state index in [1.54, 1.807) is 12.1 Å². The molecule has 1 rings (SSSR count). The number of hydrogen-bond acceptors (Lipinski definition) is 4. The summed E-state index contributed by atoms with van der Waals surface area (Å²) in [6, 6.07) is 6.35. The molecule has 0 bridgehead atoms. The van der Waals surface area contributed by atoms with Crippen LogP contribution >= 0.6 is 23.2 Å². The van der Waals surface area contributed by atoms with Gasteiger partial charge in [0.1, 0.15) is 11.6 Å². The maximum absolute atomic E-state index is 11.7. The van der Waals surface area contributed by atoms with Gasteiger partial charge >= 0.3 is 6.09 Å². The zero-order valence-electron chi connectivity index (χ0n) is 11.2. The summed E-state index contributed by atoms with van der Waals surface area (Å²) in [6.45, 7) is 2.01. The topological polar surface area (TPSA) is 79.2 Å². The predicted molar refractivity (Wildman–Crippen MR) is 79.8 cm³/mol. The van der Waals surface area contributed by atoms with Crippen LogP contribution in [0.25, 0.3) is 6.08 Å². The second-order valence-corrected chi connectivity index (χ2v) is 4.75. The highest BCUT2D eigenvalue weighted by Gasteiger charge is 2.14. The molecule has 0 fully saturated rings. The van der Waals surface area contributed by atoms with Gasteiger partial charge in [-0.3, -0.25) is 10.1 Å². The van der Waals surface area contributed by atoms with Gasteiger partial charge in [0.25, 0.3) is 5.91 Å². The first-order valence-corrected chi connectivity index (χ1v) is 6.78. The molecule has 0 aliphatic carbocycles. The van der Waals surface area contributed by atoms with Crippen LogP contribution in [0.15, 0.2) is 23.8 Å². The second-order valence-electron chi connectivity index (χ2n) is 3.93. The Bertz CT molecular complexity index is 621. The average Bonchev–Trinajstić information content (AvgIpc) is 2.46. The molecule has 0 unspecified atom stereocenters. The highest BCUT2D eigenvalue weighted by molar-refractivity contribution is 6.42. The zero-order valence-corrected chi connectivity index (χ0v) is 12.7. The first-order valence-electron chi connectivity index (χ1n) is 6.03. The first kappa shape index (κ1) is 17.0. The molecule has 0 spiro atoms. The van der Waals surface area contributed by atoms with Crippen molar-refractivity contribution >= 4 is 41.3 Å². The number of hydrogen-bond donors (Lipinski definition) is 1. The Labute approximate surface area is 132 Å². The molecule has 0 saturated heterocycles. The molecule has 5 nitrogen and oxygen atoms in total. The minimum atomic E-state index is -0.892. The smallest absolute Gasteiger partial charge is 0.414 e. The number of nitrogens with one attached hydrogen (secondary N) is 1. The minimum Gasteiger partial charge on any atom is -0.449 e. The van der Waals surface area contributed by atoms with Crippen molar-refractivity contribution in [3.05, 3.63) is 39.4 Å². The molecule has 110 valence electrons. The van der Waals surface area contributed by atoms with Crippen molar-refractivity contribution in [3.63, 3.8) is 0 Å². The van der Waals surface area contributed by atoms with Crippen molar-refractivity contribution in [3.8, 4) is 6.07 Å². The number of benzene rings is 1. The van der Waals surface area contributed by atoms with Crippen molar-refractivity contribution < 1.29 is 14.3 Å². The van der Waals surface area contributed by atoms with E-state index in [1.165, 1.54) is 18.2 Å². The number of amides is 2. The number of carbonyl (C=O) groups is 2. The van der Waals surface area contributed by atoms with E-state index in [0.717, 1.165) is 0 Å². The number of nitrogens with zero attached hydrogens (tertiary/aromatic N) is 1. The van der Waals surface area contributed by atoms with Crippen LogP contribution in [0.2, 0.25) is 10.0 Å². The summed E-state index contributed by atoms with van der Waals surface area (Å²) in [7, 11) is 0. The van der Waals surface area contributed by atoms with Crippen LogP contribution in [0.5, 0.6) is 0 Å². The number of halogens is 2. The van der Waals surface area contributed by atoms with E-state index >= 15 is 0 Å². The van der Waals surface area contributed by atoms with Crippen LogP contribution in [-0.2, 0) is 9.53 Å². The monoisotopic (exact) mass is 326 g/mol. The Morgan fingerprint density at radius 3 is 2.67 bits per heavy atom. The van der Waals surface area contributed by atoms with Crippen LogP contribution in [0, 0.1) is 11.3 Å². The summed E-state index contributed by atoms with van der Waals surface area (Å²) in [4.78, 5) is 23.0. The fraction of sp³-hybridized carbons (Fsp3) is 0.214. The Kier molecular flexibility index (Phi) is 6.73. The minimum absolute atomic E-state index is 0.192. The van der Waals surface area contributed by atoms with Gasteiger partial charge in [-0.2, -0.15) is 5.26 Å². The molecule has 21 heavy (non-hydrogen) atoms.